The number of carboxylic acid groups (broad SMARTS) is 1. The lowest BCUT2D eigenvalue weighted by Crippen LogP contribution is -2.32. The predicted octanol–water partition coefficient (Wildman–Crippen LogP) is 2.20. The maximum atomic E-state index is 11.4. The van der Waals surface area contributed by atoms with Crippen LogP contribution < -0.4 is 10.1 Å². The van der Waals surface area contributed by atoms with Crippen LogP contribution in [0.1, 0.15) is 31.9 Å². The Balaban J connectivity index is 2.65. The van der Waals surface area contributed by atoms with E-state index in [1.807, 2.05) is 0 Å². The van der Waals surface area contributed by atoms with Gasteiger partial charge in [-0.05, 0) is 32.9 Å². The summed E-state index contributed by atoms with van der Waals surface area (Å²) in [6.45, 7) is 5.49. The minimum Gasteiger partial charge on any atom is -0.496 e. The standard InChI is InChI=1S/C17H21NO5/c1-17(2,3)23-16(21)18-9-5-6-12-7-8-13(11-15(19)20)14(10-12)22-4/h7-8,10H,9,11H2,1-4H3,(H,18,21)(H,19,20). The Morgan fingerprint density at radius 1 is 1.30 bits per heavy atom. The Morgan fingerprint density at radius 3 is 2.57 bits per heavy atom. The minimum absolute atomic E-state index is 0.114. The number of methoxy groups -OCH3 is 1. The van der Waals surface area contributed by atoms with E-state index in [2.05, 4.69) is 17.2 Å². The molecule has 0 atom stereocenters. The molecule has 6 nitrogen and oxygen atoms in total. The monoisotopic (exact) mass is 319 g/mol. The van der Waals surface area contributed by atoms with Gasteiger partial charge in [0.2, 0.25) is 0 Å². The van der Waals surface area contributed by atoms with E-state index >= 15 is 0 Å². The minimum atomic E-state index is -0.927. The van der Waals surface area contributed by atoms with Crippen LogP contribution in [0.2, 0.25) is 0 Å². The molecule has 0 aliphatic rings. The number of carboxylic acids is 1. The third kappa shape index (κ3) is 7.23. The number of amides is 1. The number of nitrogens with one attached hydrogen (secondary N) is 1. The lowest BCUT2D eigenvalue weighted by Gasteiger charge is -2.19. The second-order valence-electron chi connectivity index (χ2n) is 5.75. The van der Waals surface area contributed by atoms with Crippen molar-refractivity contribution in [3.63, 3.8) is 0 Å². The quantitative estimate of drug-likeness (QED) is 0.831. The van der Waals surface area contributed by atoms with E-state index in [4.69, 9.17) is 14.6 Å². The van der Waals surface area contributed by atoms with Crippen molar-refractivity contribution >= 4 is 12.1 Å². The van der Waals surface area contributed by atoms with Gasteiger partial charge in [-0.25, -0.2) is 4.79 Å². The zero-order valence-corrected chi connectivity index (χ0v) is 13.7. The van der Waals surface area contributed by atoms with Crippen molar-refractivity contribution in [2.24, 2.45) is 0 Å². The molecule has 1 aromatic rings. The topological polar surface area (TPSA) is 84.9 Å². The van der Waals surface area contributed by atoms with Gasteiger partial charge in [0, 0.05) is 11.1 Å². The number of carbonyl (C=O) groups is 2. The normalized spacial score (nSPS) is 10.3. The molecule has 0 radical (unpaired) electrons. The fraction of sp³-hybridized carbons (Fsp3) is 0.412. The average Bonchev–Trinajstić information content (AvgIpc) is 2.42. The molecule has 1 amide bonds. The Bertz CT molecular complexity index is 635. The summed E-state index contributed by atoms with van der Waals surface area (Å²) in [7, 11) is 1.47. The molecular formula is C17H21NO5. The van der Waals surface area contributed by atoms with Gasteiger partial charge in [0.15, 0.2) is 0 Å². The fourth-order valence-electron chi connectivity index (χ4n) is 1.71. The van der Waals surface area contributed by atoms with Gasteiger partial charge in [0.1, 0.15) is 11.4 Å². The van der Waals surface area contributed by atoms with Gasteiger partial charge in [-0.1, -0.05) is 17.9 Å². The van der Waals surface area contributed by atoms with E-state index in [-0.39, 0.29) is 13.0 Å². The van der Waals surface area contributed by atoms with E-state index in [9.17, 15) is 9.59 Å². The molecule has 0 heterocycles. The van der Waals surface area contributed by atoms with Crippen molar-refractivity contribution in [1.82, 2.24) is 5.32 Å². The van der Waals surface area contributed by atoms with Crippen molar-refractivity contribution in [3.05, 3.63) is 29.3 Å². The number of carbonyl (C=O) groups excluding carboxylic acids is 1. The van der Waals surface area contributed by atoms with Crippen LogP contribution in [0.4, 0.5) is 4.79 Å². The highest BCUT2D eigenvalue weighted by Gasteiger charge is 2.15. The summed E-state index contributed by atoms with van der Waals surface area (Å²) in [6.07, 6.45) is -0.641. The van der Waals surface area contributed by atoms with Crippen molar-refractivity contribution < 1.29 is 24.2 Å². The number of benzene rings is 1. The van der Waals surface area contributed by atoms with Crippen LogP contribution in [-0.2, 0) is 16.0 Å². The van der Waals surface area contributed by atoms with Gasteiger partial charge >= 0.3 is 12.1 Å². The van der Waals surface area contributed by atoms with Gasteiger partial charge in [-0.2, -0.15) is 0 Å². The first-order chi connectivity index (χ1) is 10.7. The summed E-state index contributed by atoms with van der Waals surface area (Å²) in [6, 6.07) is 5.04. The van der Waals surface area contributed by atoms with E-state index in [0.717, 1.165) is 0 Å². The Morgan fingerprint density at radius 2 is 2.00 bits per heavy atom. The van der Waals surface area contributed by atoms with Gasteiger partial charge in [0.05, 0.1) is 20.1 Å². The molecule has 0 fully saturated rings. The number of ether oxygens (including phenoxy) is 2. The number of rotatable bonds is 4. The molecule has 124 valence electrons. The van der Waals surface area contributed by atoms with Crippen LogP contribution in [0.5, 0.6) is 5.75 Å². The maximum Gasteiger partial charge on any atom is 0.408 e. The molecule has 0 bridgehead atoms. The molecule has 23 heavy (non-hydrogen) atoms. The van der Waals surface area contributed by atoms with Crippen LogP contribution in [0, 0.1) is 11.8 Å². The zero-order chi connectivity index (χ0) is 17.5. The van der Waals surface area contributed by atoms with Crippen LogP contribution in [-0.4, -0.2) is 36.4 Å². The van der Waals surface area contributed by atoms with Crippen molar-refractivity contribution in [2.75, 3.05) is 13.7 Å². The third-order valence-electron chi connectivity index (χ3n) is 2.58. The summed E-state index contributed by atoms with van der Waals surface area (Å²) in [5.41, 5.74) is 0.699. The lowest BCUT2D eigenvalue weighted by molar-refractivity contribution is -0.136. The summed E-state index contributed by atoms with van der Waals surface area (Å²) in [5, 5.41) is 11.4. The Labute approximate surface area is 135 Å². The molecule has 0 saturated carbocycles. The molecule has 6 heteroatoms. The molecule has 2 N–H and O–H groups in total. The second kappa shape index (κ2) is 8.08. The average molecular weight is 319 g/mol. The van der Waals surface area contributed by atoms with Crippen molar-refractivity contribution in [3.8, 4) is 17.6 Å². The summed E-state index contributed by atoms with van der Waals surface area (Å²) >= 11 is 0. The van der Waals surface area contributed by atoms with E-state index in [1.54, 1.807) is 39.0 Å². The molecule has 0 aliphatic carbocycles. The SMILES string of the molecule is COc1cc(C#CCNC(=O)OC(C)(C)C)ccc1CC(=O)O. The maximum absolute atomic E-state index is 11.4. The number of hydrogen-bond donors (Lipinski definition) is 2. The molecular weight excluding hydrogens is 298 g/mol. The van der Waals surface area contributed by atoms with Crippen molar-refractivity contribution in [1.29, 1.82) is 0 Å². The lowest BCUT2D eigenvalue weighted by atomic mass is 10.1. The van der Waals surface area contributed by atoms with Gasteiger partial charge in [-0.3, -0.25) is 4.79 Å². The second-order valence-corrected chi connectivity index (χ2v) is 5.75. The first-order valence-corrected chi connectivity index (χ1v) is 7.05. The smallest absolute Gasteiger partial charge is 0.408 e. The van der Waals surface area contributed by atoms with Gasteiger partial charge in [0.25, 0.3) is 0 Å². The van der Waals surface area contributed by atoms with Gasteiger partial charge in [-0.15, -0.1) is 0 Å². The predicted molar refractivity (Wildman–Crippen MR) is 85.4 cm³/mol. The summed E-state index contributed by atoms with van der Waals surface area (Å²) in [4.78, 5) is 22.2. The molecule has 0 aromatic heterocycles. The molecule has 1 aromatic carbocycles. The first-order valence-electron chi connectivity index (χ1n) is 7.05. The van der Waals surface area contributed by atoms with E-state index < -0.39 is 17.7 Å². The van der Waals surface area contributed by atoms with Crippen LogP contribution >= 0.6 is 0 Å². The molecule has 0 unspecified atom stereocenters. The fourth-order valence-corrected chi connectivity index (χ4v) is 1.71. The summed E-state index contributed by atoms with van der Waals surface area (Å²) in [5.74, 6) is 5.21. The Hall–Kier alpha value is -2.68. The van der Waals surface area contributed by atoms with Crippen LogP contribution in [0.25, 0.3) is 0 Å². The van der Waals surface area contributed by atoms with Crippen LogP contribution in [0.3, 0.4) is 0 Å². The largest absolute Gasteiger partial charge is 0.496 e. The molecule has 0 spiro atoms. The highest BCUT2D eigenvalue weighted by atomic mass is 16.6. The number of aliphatic carboxylic acids is 1. The number of hydrogen-bond acceptors (Lipinski definition) is 4. The zero-order valence-electron chi connectivity index (χ0n) is 13.7. The van der Waals surface area contributed by atoms with E-state index in [1.165, 1.54) is 7.11 Å². The van der Waals surface area contributed by atoms with Gasteiger partial charge < -0.3 is 19.9 Å². The number of alkyl carbamates (subject to hydrolysis) is 1. The summed E-state index contributed by atoms with van der Waals surface area (Å²) < 4.78 is 10.3. The Kier molecular flexibility index (Phi) is 6.46. The first kappa shape index (κ1) is 18.4. The van der Waals surface area contributed by atoms with Crippen molar-refractivity contribution in [2.45, 2.75) is 32.8 Å². The molecule has 0 saturated heterocycles. The third-order valence-corrected chi connectivity index (χ3v) is 2.58. The highest BCUT2D eigenvalue weighted by Crippen LogP contribution is 2.20. The highest BCUT2D eigenvalue weighted by molar-refractivity contribution is 5.71. The van der Waals surface area contributed by atoms with Crippen LogP contribution in [0.15, 0.2) is 18.2 Å². The molecule has 0 aliphatic heterocycles. The van der Waals surface area contributed by atoms with E-state index in [0.29, 0.717) is 16.9 Å². The molecule has 1 rings (SSSR count).